The molecular weight excluding hydrogens is 169 g/mol. The molecule has 0 aromatic heterocycles. The Morgan fingerprint density at radius 3 is 2.58 bits per heavy atom. The van der Waals surface area contributed by atoms with Gasteiger partial charge >= 0.3 is 0 Å². The third kappa shape index (κ3) is 3.82. The highest BCUT2D eigenvalue weighted by molar-refractivity contribution is 7.48. The van der Waals surface area contributed by atoms with Crippen LogP contribution in [0.1, 0.15) is 5.56 Å². The molecule has 0 radical (unpaired) electrons. The van der Waals surface area contributed by atoms with Crippen molar-refractivity contribution in [2.45, 2.75) is 6.42 Å². The van der Waals surface area contributed by atoms with Gasteiger partial charge < -0.3 is 4.52 Å². The van der Waals surface area contributed by atoms with Gasteiger partial charge in [0.2, 0.25) is 0 Å². The molecule has 0 bridgehead atoms. The fourth-order valence-corrected chi connectivity index (χ4v) is 1.33. The van der Waals surface area contributed by atoms with E-state index in [1.54, 1.807) is 0 Å². The van der Waals surface area contributed by atoms with Crippen LogP contribution in [-0.4, -0.2) is 13.3 Å². The molecule has 3 heteroatoms. The number of hydrogen-bond acceptors (Lipinski definition) is 2. The highest BCUT2D eigenvalue weighted by Gasteiger charge is 1.94. The van der Waals surface area contributed by atoms with Crippen LogP contribution >= 0.6 is 8.30 Å². The molecule has 1 atom stereocenters. The van der Waals surface area contributed by atoms with Crippen molar-refractivity contribution in [3.63, 3.8) is 0 Å². The lowest BCUT2D eigenvalue weighted by Gasteiger charge is -2.05. The summed E-state index contributed by atoms with van der Waals surface area (Å²) in [5, 5.41) is 0. The summed E-state index contributed by atoms with van der Waals surface area (Å²) in [7, 11) is -0.697. The highest BCUT2D eigenvalue weighted by Crippen LogP contribution is 2.19. The minimum absolute atomic E-state index is 0.697. The lowest BCUT2D eigenvalue weighted by molar-refractivity contribution is 0.359. The predicted octanol–water partition coefficient (Wildman–Crippen LogP) is 2.15. The van der Waals surface area contributed by atoms with Crippen LogP contribution in [0.25, 0.3) is 0 Å². The minimum Gasteiger partial charge on any atom is -0.344 e. The molecule has 0 fully saturated rings. The summed E-state index contributed by atoms with van der Waals surface area (Å²) in [5.41, 5.74) is 6.80. The monoisotopic (exact) mass is 183 g/mol. The molecule has 1 aromatic carbocycles. The fraction of sp³-hybridized carbons (Fsp3) is 0.333. The van der Waals surface area contributed by atoms with Crippen molar-refractivity contribution >= 4 is 8.30 Å². The molecule has 1 rings (SSSR count). The van der Waals surface area contributed by atoms with Crippen LogP contribution in [0.15, 0.2) is 30.3 Å². The smallest absolute Gasteiger partial charge is 0.0950 e. The van der Waals surface area contributed by atoms with Gasteiger partial charge in [-0.1, -0.05) is 30.3 Å². The van der Waals surface area contributed by atoms with Crippen molar-refractivity contribution in [1.29, 1.82) is 0 Å². The molecule has 1 unspecified atom stereocenters. The number of nitrogens with two attached hydrogens (primary N) is 1. The summed E-state index contributed by atoms with van der Waals surface area (Å²) in [5.74, 6) is 0. The lowest BCUT2D eigenvalue weighted by atomic mass is 10.2. The first-order chi connectivity index (χ1) is 5.79. The average Bonchev–Trinajstić information content (AvgIpc) is 2.05. The molecule has 1 aromatic rings. The van der Waals surface area contributed by atoms with Gasteiger partial charge in [-0.2, -0.15) is 0 Å². The summed E-state index contributed by atoms with van der Waals surface area (Å²) in [6.45, 7) is 2.63. The zero-order chi connectivity index (χ0) is 8.81. The molecule has 2 N–H and O–H groups in total. The minimum atomic E-state index is -0.697. The van der Waals surface area contributed by atoms with E-state index in [1.807, 2.05) is 24.9 Å². The number of rotatable bonds is 4. The molecule has 0 aliphatic rings. The summed E-state index contributed by atoms with van der Waals surface area (Å²) in [6.07, 6.45) is 0.949. The van der Waals surface area contributed by atoms with Gasteiger partial charge in [-0.05, 0) is 18.6 Å². The first kappa shape index (κ1) is 9.66. The molecule has 0 amide bonds. The van der Waals surface area contributed by atoms with Gasteiger partial charge in [0.05, 0.1) is 14.9 Å². The van der Waals surface area contributed by atoms with Gasteiger partial charge in [0, 0.05) is 0 Å². The topological polar surface area (TPSA) is 35.2 Å². The Labute approximate surface area is 74.6 Å². The van der Waals surface area contributed by atoms with E-state index < -0.39 is 8.30 Å². The largest absolute Gasteiger partial charge is 0.344 e. The van der Waals surface area contributed by atoms with Crippen LogP contribution in [-0.2, 0) is 10.9 Å². The first-order valence-electron chi connectivity index (χ1n) is 3.94. The van der Waals surface area contributed by atoms with Gasteiger partial charge in [-0.15, -0.1) is 0 Å². The van der Waals surface area contributed by atoms with Gasteiger partial charge in [0.1, 0.15) is 0 Å². The molecule has 0 heterocycles. The summed E-state index contributed by atoms with van der Waals surface area (Å²) in [6, 6.07) is 10.3. The molecule has 0 saturated carbocycles. The van der Waals surface area contributed by atoms with E-state index in [4.69, 9.17) is 10.0 Å². The standard InChI is InChI=1S/C9H14NOP/c1-12(10)11-8-7-9-5-3-2-4-6-9/h2-6H,7-8,10H2,1H3. The fourth-order valence-electron chi connectivity index (χ4n) is 0.952. The zero-order valence-corrected chi connectivity index (χ0v) is 8.13. The van der Waals surface area contributed by atoms with Crippen molar-refractivity contribution in [2.24, 2.45) is 5.50 Å². The average molecular weight is 183 g/mol. The van der Waals surface area contributed by atoms with E-state index >= 15 is 0 Å². The summed E-state index contributed by atoms with van der Waals surface area (Å²) < 4.78 is 5.29. The Morgan fingerprint density at radius 2 is 2.00 bits per heavy atom. The molecular formula is C9H14NOP. The Morgan fingerprint density at radius 1 is 1.33 bits per heavy atom. The third-order valence-corrected chi connectivity index (χ3v) is 2.12. The second-order valence-corrected chi connectivity index (χ2v) is 3.97. The maximum atomic E-state index is 5.50. The first-order valence-corrected chi connectivity index (χ1v) is 5.72. The summed E-state index contributed by atoms with van der Waals surface area (Å²) >= 11 is 0. The zero-order valence-electron chi connectivity index (χ0n) is 7.23. The van der Waals surface area contributed by atoms with E-state index in [0.29, 0.717) is 0 Å². The molecule has 0 saturated heterocycles. The van der Waals surface area contributed by atoms with Crippen LogP contribution in [0.2, 0.25) is 0 Å². The van der Waals surface area contributed by atoms with Gasteiger partial charge in [-0.3, -0.25) is 5.50 Å². The number of hydrogen-bond donors (Lipinski definition) is 1. The Bertz CT molecular complexity index is 213. The van der Waals surface area contributed by atoms with Crippen LogP contribution in [0, 0.1) is 0 Å². The van der Waals surface area contributed by atoms with Crippen molar-refractivity contribution in [3.8, 4) is 0 Å². The Hall–Kier alpha value is -0.430. The van der Waals surface area contributed by atoms with Crippen molar-refractivity contribution in [2.75, 3.05) is 13.3 Å². The van der Waals surface area contributed by atoms with Crippen LogP contribution in [0.4, 0.5) is 0 Å². The van der Waals surface area contributed by atoms with E-state index in [-0.39, 0.29) is 0 Å². The maximum Gasteiger partial charge on any atom is 0.0950 e. The lowest BCUT2D eigenvalue weighted by Crippen LogP contribution is -1.97. The highest BCUT2D eigenvalue weighted by atomic mass is 31.2. The van der Waals surface area contributed by atoms with Gasteiger partial charge in [-0.25, -0.2) is 0 Å². The molecule has 0 spiro atoms. The van der Waals surface area contributed by atoms with Crippen LogP contribution in [0.3, 0.4) is 0 Å². The SMILES string of the molecule is CP(N)OCCc1ccccc1. The Kier molecular flexibility index (Phi) is 4.23. The van der Waals surface area contributed by atoms with E-state index in [1.165, 1.54) is 5.56 Å². The van der Waals surface area contributed by atoms with Crippen molar-refractivity contribution in [1.82, 2.24) is 0 Å². The quantitative estimate of drug-likeness (QED) is 0.726. The third-order valence-electron chi connectivity index (χ3n) is 1.53. The van der Waals surface area contributed by atoms with E-state index in [9.17, 15) is 0 Å². The summed E-state index contributed by atoms with van der Waals surface area (Å²) in [4.78, 5) is 0. The second-order valence-electron chi connectivity index (χ2n) is 2.62. The molecule has 0 aliphatic carbocycles. The van der Waals surface area contributed by atoms with E-state index in [0.717, 1.165) is 13.0 Å². The van der Waals surface area contributed by atoms with Gasteiger partial charge in [0.15, 0.2) is 0 Å². The van der Waals surface area contributed by atoms with Crippen LogP contribution < -0.4 is 5.50 Å². The second kappa shape index (κ2) is 5.26. The maximum absolute atomic E-state index is 5.50. The molecule has 12 heavy (non-hydrogen) atoms. The van der Waals surface area contributed by atoms with Crippen LogP contribution in [0.5, 0.6) is 0 Å². The van der Waals surface area contributed by atoms with Crippen molar-refractivity contribution < 1.29 is 4.52 Å². The molecule has 2 nitrogen and oxygen atoms in total. The molecule has 66 valence electrons. The van der Waals surface area contributed by atoms with Gasteiger partial charge in [0.25, 0.3) is 0 Å². The molecule has 0 aliphatic heterocycles. The van der Waals surface area contributed by atoms with Crippen molar-refractivity contribution in [3.05, 3.63) is 35.9 Å². The normalized spacial score (nSPS) is 12.8. The number of benzene rings is 1. The van der Waals surface area contributed by atoms with E-state index in [2.05, 4.69) is 12.1 Å². The predicted molar refractivity (Wildman–Crippen MR) is 53.1 cm³/mol. The Balaban J connectivity index is 2.25.